The van der Waals surface area contributed by atoms with Gasteiger partial charge in [-0.1, -0.05) is 5.16 Å². The number of anilines is 1. The summed E-state index contributed by atoms with van der Waals surface area (Å²) >= 11 is 1.06. The van der Waals surface area contributed by atoms with Crippen LogP contribution in [0.15, 0.2) is 10.5 Å². The van der Waals surface area contributed by atoms with Gasteiger partial charge in [-0.15, -0.1) is 11.3 Å². The van der Waals surface area contributed by atoms with Crippen molar-refractivity contribution in [2.45, 2.75) is 12.1 Å². The van der Waals surface area contributed by atoms with Crippen LogP contribution in [0.2, 0.25) is 0 Å². The number of nitrogens with two attached hydrogens (primary N) is 2. The van der Waals surface area contributed by atoms with Crippen LogP contribution < -0.4 is 16.8 Å². The number of carbonyl (C=O) groups is 4. The summed E-state index contributed by atoms with van der Waals surface area (Å²) in [5.74, 6) is -4.08. The number of hydrogen-bond acceptors (Lipinski definition) is 10. The molecule has 2 rings (SSSR count). The largest absolute Gasteiger partial charge is 0.479 e. The number of nitrogens with zero attached hydrogens (tertiary/aromatic N) is 3. The number of carbonyl (C=O) groups excluding carboxylic acids is 3. The maximum atomic E-state index is 12.4. The topological polar surface area (TPSA) is 200 Å². The summed E-state index contributed by atoms with van der Waals surface area (Å²) in [6, 6.07) is -2.73. The van der Waals surface area contributed by atoms with Crippen molar-refractivity contribution in [3.8, 4) is 0 Å². The smallest absolute Gasteiger partial charge is 0.332 e. The van der Waals surface area contributed by atoms with Gasteiger partial charge in [0.15, 0.2) is 23.5 Å². The number of thiazole rings is 1. The molecule has 15 heteroatoms. The van der Waals surface area contributed by atoms with E-state index in [1.165, 1.54) is 12.5 Å². The van der Waals surface area contributed by atoms with Crippen LogP contribution in [0.1, 0.15) is 5.69 Å². The molecule has 0 unspecified atom stereocenters. The van der Waals surface area contributed by atoms with E-state index in [2.05, 4.69) is 25.1 Å². The Morgan fingerprint density at radius 1 is 1.48 bits per heavy atom. The van der Waals surface area contributed by atoms with Crippen molar-refractivity contribution in [2.75, 3.05) is 19.5 Å². The zero-order valence-electron chi connectivity index (χ0n) is 14.2. The maximum absolute atomic E-state index is 12.4. The number of aliphatic carboxylic acids is 1. The monoisotopic (exact) mass is 409 g/mol. The number of aromatic nitrogens is 1. The molecule has 1 aliphatic rings. The van der Waals surface area contributed by atoms with E-state index in [-0.39, 0.29) is 46.1 Å². The molecule has 0 bridgehead atoms. The van der Waals surface area contributed by atoms with Crippen LogP contribution in [0, 0.1) is 0 Å². The van der Waals surface area contributed by atoms with Gasteiger partial charge in [0.05, 0.1) is 0 Å². The standard InChI is InChI=1S/C12H14N6O7S.Na/c1-24-17-6(4-3-26-12(14)15-4)10(22)16-7-8(9(13)21)18(11(7)23)25-2-5(19)20;/h3,7-8H,2H2,1H3,(H2,13,21)(H2,14,15)(H,16,22)(H,19,20);/t7-,8-;/m0./s1. The van der Waals surface area contributed by atoms with Crippen LogP contribution >= 0.6 is 11.3 Å². The minimum Gasteiger partial charge on any atom is -0.479 e. The molecule has 141 valence electrons. The molecule has 1 fully saturated rings. The van der Waals surface area contributed by atoms with Gasteiger partial charge in [-0.2, -0.15) is 0 Å². The first-order chi connectivity index (χ1) is 12.3. The minimum absolute atomic E-state index is 0. The zero-order chi connectivity index (χ0) is 19.4. The Morgan fingerprint density at radius 3 is 2.63 bits per heavy atom. The van der Waals surface area contributed by atoms with Crippen LogP contribution in [0.25, 0.3) is 0 Å². The molecule has 3 amide bonds. The van der Waals surface area contributed by atoms with E-state index < -0.39 is 42.4 Å². The molecular weight excluding hydrogens is 395 g/mol. The number of hydroxylamine groups is 2. The number of nitrogens with one attached hydrogen (secondary N) is 1. The van der Waals surface area contributed by atoms with E-state index in [9.17, 15) is 19.2 Å². The predicted molar refractivity (Wildman–Crippen MR) is 91.2 cm³/mol. The van der Waals surface area contributed by atoms with Gasteiger partial charge < -0.3 is 26.7 Å². The van der Waals surface area contributed by atoms with Gasteiger partial charge in [-0.05, 0) is 0 Å². The molecule has 1 saturated heterocycles. The van der Waals surface area contributed by atoms with E-state index in [4.69, 9.17) is 16.6 Å². The fourth-order valence-electron chi connectivity index (χ4n) is 2.05. The molecule has 1 radical (unpaired) electrons. The average molecular weight is 409 g/mol. The number of oxime groups is 1. The first-order valence-corrected chi connectivity index (χ1v) is 7.74. The van der Waals surface area contributed by atoms with Gasteiger partial charge in [-0.3, -0.25) is 19.2 Å². The van der Waals surface area contributed by atoms with Crippen molar-refractivity contribution >= 4 is 75.4 Å². The second-order valence-electron chi connectivity index (χ2n) is 4.82. The molecular formula is C12H14N6NaO7S. The van der Waals surface area contributed by atoms with Crippen LogP contribution in [0.5, 0.6) is 0 Å². The van der Waals surface area contributed by atoms with Gasteiger partial charge >= 0.3 is 5.97 Å². The minimum atomic E-state index is -1.38. The number of carboxylic acid groups (broad SMARTS) is 1. The van der Waals surface area contributed by atoms with Crippen molar-refractivity contribution in [2.24, 2.45) is 10.9 Å². The molecule has 1 aliphatic heterocycles. The Balaban J connectivity index is 0.00000364. The average Bonchev–Trinajstić information content (AvgIpc) is 2.99. The molecule has 1 aromatic heterocycles. The fourth-order valence-corrected chi connectivity index (χ4v) is 2.60. The predicted octanol–water partition coefficient (Wildman–Crippen LogP) is -3.11. The van der Waals surface area contributed by atoms with Crippen LogP contribution in [0.3, 0.4) is 0 Å². The van der Waals surface area contributed by atoms with Crippen LogP contribution in [-0.2, 0) is 28.9 Å². The van der Waals surface area contributed by atoms with Gasteiger partial charge in [0.1, 0.15) is 18.8 Å². The van der Waals surface area contributed by atoms with Crippen molar-refractivity contribution in [3.05, 3.63) is 11.1 Å². The van der Waals surface area contributed by atoms with E-state index >= 15 is 0 Å². The van der Waals surface area contributed by atoms with Gasteiger partial charge in [0.25, 0.3) is 11.8 Å². The Hall–Kier alpha value is -2.26. The number of primary amides is 1. The van der Waals surface area contributed by atoms with E-state index in [0.717, 1.165) is 11.3 Å². The molecule has 0 saturated carbocycles. The molecule has 1 aromatic rings. The summed E-state index contributed by atoms with van der Waals surface area (Å²) in [5, 5.41) is 16.5. The molecule has 27 heavy (non-hydrogen) atoms. The fraction of sp³-hybridized carbons (Fsp3) is 0.333. The normalized spacial score (nSPS) is 18.9. The number of rotatable bonds is 8. The SMILES string of the molecule is CON=C(C(=O)N[C@@H]1C(=O)N(OCC(=O)O)[C@@H]1C(N)=O)c1csc(N)n1.[Na]. The Kier molecular flexibility index (Phi) is 8.11. The van der Waals surface area contributed by atoms with Crippen molar-refractivity contribution < 1.29 is 34.0 Å². The molecule has 0 aliphatic carbocycles. The number of amides is 3. The molecule has 13 nitrogen and oxygen atoms in total. The Morgan fingerprint density at radius 2 is 2.15 bits per heavy atom. The van der Waals surface area contributed by atoms with Crippen molar-refractivity contribution in [3.63, 3.8) is 0 Å². The third-order valence-electron chi connectivity index (χ3n) is 3.12. The zero-order valence-corrected chi connectivity index (χ0v) is 17.1. The molecule has 2 heterocycles. The Labute approximate surface area is 177 Å². The summed E-state index contributed by atoms with van der Waals surface area (Å²) < 4.78 is 0. The first kappa shape index (κ1) is 22.8. The van der Waals surface area contributed by atoms with E-state index in [1.54, 1.807) is 0 Å². The first-order valence-electron chi connectivity index (χ1n) is 6.86. The Bertz CT molecular complexity index is 784. The number of nitrogen functional groups attached to an aromatic ring is 1. The number of β-lactam (4-membered cyclic amide) rings is 1. The second kappa shape index (κ2) is 9.61. The van der Waals surface area contributed by atoms with Crippen molar-refractivity contribution in [1.82, 2.24) is 15.4 Å². The van der Waals surface area contributed by atoms with E-state index in [1.807, 2.05) is 0 Å². The van der Waals surface area contributed by atoms with Gasteiger partial charge in [-0.25, -0.2) is 14.8 Å². The molecule has 0 aromatic carbocycles. The van der Waals surface area contributed by atoms with Gasteiger partial charge in [0.2, 0.25) is 5.91 Å². The summed E-state index contributed by atoms with van der Waals surface area (Å²) in [6.45, 7) is -0.856. The summed E-state index contributed by atoms with van der Waals surface area (Å²) in [7, 11) is 1.20. The third-order valence-corrected chi connectivity index (χ3v) is 3.79. The van der Waals surface area contributed by atoms with Gasteiger partial charge in [0, 0.05) is 34.9 Å². The molecule has 2 atom stereocenters. The van der Waals surface area contributed by atoms with Crippen molar-refractivity contribution in [1.29, 1.82) is 0 Å². The summed E-state index contributed by atoms with van der Waals surface area (Å²) in [4.78, 5) is 59.6. The molecule has 0 spiro atoms. The number of carboxylic acids is 1. The maximum Gasteiger partial charge on any atom is 0.332 e. The third kappa shape index (κ3) is 5.14. The second-order valence-corrected chi connectivity index (χ2v) is 5.71. The van der Waals surface area contributed by atoms with Crippen LogP contribution in [-0.4, -0.2) is 99.9 Å². The number of hydrogen-bond donors (Lipinski definition) is 4. The van der Waals surface area contributed by atoms with E-state index in [0.29, 0.717) is 5.06 Å². The quantitative estimate of drug-likeness (QED) is 0.148. The summed E-state index contributed by atoms with van der Waals surface area (Å²) in [5.41, 5.74) is 10.5. The molecule has 6 N–H and O–H groups in total. The van der Waals surface area contributed by atoms with Crippen LogP contribution in [0.4, 0.5) is 5.13 Å². The summed E-state index contributed by atoms with van der Waals surface area (Å²) in [6.07, 6.45) is 0.